The predicted molar refractivity (Wildman–Crippen MR) is 128 cm³/mol. The molecule has 1 unspecified atom stereocenters. The first-order valence-corrected chi connectivity index (χ1v) is 12.6. The van der Waals surface area contributed by atoms with E-state index in [1.807, 2.05) is 39.0 Å². The van der Waals surface area contributed by atoms with Gasteiger partial charge in [0.15, 0.2) is 0 Å². The maximum atomic E-state index is 13.3. The third-order valence-corrected chi connectivity index (χ3v) is 7.55. The molecule has 32 heavy (non-hydrogen) atoms. The highest BCUT2D eigenvalue weighted by atomic mass is 32.2. The van der Waals surface area contributed by atoms with E-state index in [4.69, 9.17) is 9.47 Å². The molecule has 2 heterocycles. The lowest BCUT2D eigenvalue weighted by molar-refractivity contribution is -0.136. The lowest BCUT2D eigenvalue weighted by atomic mass is 9.99. The molecule has 8 heteroatoms. The van der Waals surface area contributed by atoms with Crippen LogP contribution in [0.2, 0.25) is 0 Å². The first-order valence-electron chi connectivity index (χ1n) is 11.6. The van der Waals surface area contributed by atoms with Crippen LogP contribution in [0.4, 0.5) is 0 Å². The van der Waals surface area contributed by atoms with Gasteiger partial charge in [0.05, 0.1) is 20.2 Å². The Kier molecular flexibility index (Phi) is 9.69. The highest BCUT2D eigenvalue weighted by molar-refractivity contribution is 7.99. The highest BCUT2D eigenvalue weighted by Crippen LogP contribution is 2.38. The van der Waals surface area contributed by atoms with Crippen LogP contribution < -0.4 is 4.74 Å². The molecule has 1 atom stereocenters. The van der Waals surface area contributed by atoms with Gasteiger partial charge in [-0.3, -0.25) is 14.5 Å². The predicted octanol–water partition coefficient (Wildman–Crippen LogP) is 2.87. The van der Waals surface area contributed by atoms with Crippen molar-refractivity contribution < 1.29 is 19.1 Å². The SMILES string of the molecule is COCCCN(CC(=O)N1CCC(C)CC1)CC(=O)N1CCSC1c1ccc(OC)cc1. The number of nitrogens with zero attached hydrogens (tertiary/aromatic N) is 3. The second-order valence-corrected chi connectivity index (χ2v) is 9.89. The number of hydrogen-bond acceptors (Lipinski definition) is 6. The monoisotopic (exact) mass is 463 g/mol. The number of carbonyl (C=O) groups is 2. The first-order chi connectivity index (χ1) is 15.5. The zero-order valence-electron chi connectivity index (χ0n) is 19.6. The molecule has 1 aromatic carbocycles. The molecule has 2 aliphatic rings. The summed E-state index contributed by atoms with van der Waals surface area (Å²) in [6.07, 6.45) is 2.91. The molecule has 0 aliphatic carbocycles. The number of benzene rings is 1. The largest absolute Gasteiger partial charge is 0.497 e. The van der Waals surface area contributed by atoms with E-state index in [1.54, 1.807) is 26.0 Å². The Labute approximate surface area is 196 Å². The fraction of sp³-hybridized carbons (Fsp3) is 0.667. The van der Waals surface area contributed by atoms with Crippen LogP contribution in [-0.4, -0.2) is 92.4 Å². The van der Waals surface area contributed by atoms with Gasteiger partial charge in [0.25, 0.3) is 0 Å². The van der Waals surface area contributed by atoms with Crippen molar-refractivity contribution >= 4 is 23.6 Å². The van der Waals surface area contributed by atoms with Crippen LogP contribution in [0.25, 0.3) is 0 Å². The van der Waals surface area contributed by atoms with E-state index in [9.17, 15) is 9.59 Å². The Bertz CT molecular complexity index is 737. The van der Waals surface area contributed by atoms with Gasteiger partial charge in [-0.05, 0) is 42.9 Å². The van der Waals surface area contributed by atoms with Crippen LogP contribution in [-0.2, 0) is 14.3 Å². The smallest absolute Gasteiger partial charge is 0.237 e. The number of carbonyl (C=O) groups excluding carboxylic acids is 2. The molecule has 0 saturated carbocycles. The number of ether oxygens (including phenoxy) is 2. The van der Waals surface area contributed by atoms with Crippen LogP contribution in [0.3, 0.4) is 0 Å². The first kappa shape index (κ1) is 24.9. The Hall–Kier alpha value is -1.77. The molecule has 2 saturated heterocycles. The van der Waals surface area contributed by atoms with Crippen molar-refractivity contribution in [3.05, 3.63) is 29.8 Å². The van der Waals surface area contributed by atoms with E-state index in [1.165, 1.54) is 0 Å². The molecule has 0 bridgehead atoms. The summed E-state index contributed by atoms with van der Waals surface area (Å²) in [4.78, 5) is 32.1. The average Bonchev–Trinajstić information content (AvgIpc) is 3.30. The molecule has 2 amide bonds. The Morgan fingerprint density at radius 2 is 1.75 bits per heavy atom. The number of methoxy groups -OCH3 is 2. The van der Waals surface area contributed by atoms with Gasteiger partial charge < -0.3 is 19.3 Å². The van der Waals surface area contributed by atoms with Crippen LogP contribution >= 0.6 is 11.8 Å². The van der Waals surface area contributed by atoms with Crippen molar-refractivity contribution in [3.63, 3.8) is 0 Å². The van der Waals surface area contributed by atoms with Gasteiger partial charge in [0.2, 0.25) is 11.8 Å². The second kappa shape index (κ2) is 12.5. The molecule has 7 nitrogen and oxygen atoms in total. The van der Waals surface area contributed by atoms with Crippen LogP contribution in [0.5, 0.6) is 5.75 Å². The third kappa shape index (κ3) is 6.86. The summed E-state index contributed by atoms with van der Waals surface area (Å²) in [7, 11) is 3.33. The lowest BCUT2D eigenvalue weighted by Gasteiger charge is -2.33. The van der Waals surface area contributed by atoms with Crippen molar-refractivity contribution in [1.29, 1.82) is 0 Å². The van der Waals surface area contributed by atoms with Crippen molar-refractivity contribution in [2.75, 3.05) is 65.8 Å². The molecule has 2 fully saturated rings. The molecule has 178 valence electrons. The summed E-state index contributed by atoms with van der Waals surface area (Å²) >= 11 is 1.78. The Morgan fingerprint density at radius 3 is 2.41 bits per heavy atom. The summed E-state index contributed by atoms with van der Waals surface area (Å²) in [6.45, 7) is 6.45. The Balaban J connectivity index is 1.61. The van der Waals surface area contributed by atoms with E-state index in [0.717, 1.165) is 56.0 Å². The summed E-state index contributed by atoms with van der Waals surface area (Å²) in [5.74, 6) is 2.61. The number of thioether (sulfide) groups is 1. The van der Waals surface area contributed by atoms with Crippen LogP contribution in [0.15, 0.2) is 24.3 Å². The second-order valence-electron chi connectivity index (χ2n) is 8.70. The lowest BCUT2D eigenvalue weighted by Crippen LogP contribution is -2.47. The summed E-state index contributed by atoms with van der Waals surface area (Å²) in [6, 6.07) is 7.93. The fourth-order valence-corrected chi connectivity index (χ4v) is 5.53. The van der Waals surface area contributed by atoms with Gasteiger partial charge in [0, 0.05) is 45.6 Å². The molecule has 0 radical (unpaired) electrons. The zero-order chi connectivity index (χ0) is 22.9. The summed E-state index contributed by atoms with van der Waals surface area (Å²) in [5, 5.41) is 0.00788. The van der Waals surface area contributed by atoms with Crippen LogP contribution in [0.1, 0.15) is 37.1 Å². The fourth-order valence-electron chi connectivity index (χ4n) is 4.25. The van der Waals surface area contributed by atoms with Gasteiger partial charge >= 0.3 is 0 Å². The van der Waals surface area contributed by atoms with Crippen molar-refractivity contribution in [1.82, 2.24) is 14.7 Å². The molecule has 2 aliphatic heterocycles. The minimum Gasteiger partial charge on any atom is -0.497 e. The summed E-state index contributed by atoms with van der Waals surface area (Å²) < 4.78 is 10.5. The number of hydrogen-bond donors (Lipinski definition) is 0. The van der Waals surface area contributed by atoms with E-state index in [-0.39, 0.29) is 30.3 Å². The van der Waals surface area contributed by atoms with Gasteiger partial charge in [-0.25, -0.2) is 0 Å². The van der Waals surface area contributed by atoms with Gasteiger partial charge in [-0.1, -0.05) is 19.1 Å². The number of piperidine rings is 1. The van der Waals surface area contributed by atoms with Crippen molar-refractivity contribution in [3.8, 4) is 5.75 Å². The maximum Gasteiger partial charge on any atom is 0.237 e. The molecule has 0 aromatic heterocycles. The molecular formula is C24H37N3O4S. The summed E-state index contributed by atoms with van der Waals surface area (Å²) in [5.41, 5.74) is 1.10. The molecular weight excluding hydrogens is 426 g/mol. The molecule has 0 spiro atoms. The van der Waals surface area contributed by atoms with Gasteiger partial charge in [-0.2, -0.15) is 0 Å². The minimum absolute atomic E-state index is 0.00788. The molecule has 3 rings (SSSR count). The van der Waals surface area contributed by atoms with Crippen molar-refractivity contribution in [2.45, 2.75) is 31.6 Å². The molecule has 0 N–H and O–H groups in total. The van der Waals surface area contributed by atoms with E-state index >= 15 is 0 Å². The number of likely N-dealkylation sites (tertiary alicyclic amines) is 1. The standard InChI is InChI=1S/C24H37N3O4S/c1-19-9-12-26(13-10-19)22(28)17-25(11-4-15-30-2)18-23(29)27-14-16-32-24(27)20-5-7-21(31-3)8-6-20/h5-8,19,24H,4,9-18H2,1-3H3. The topological polar surface area (TPSA) is 62.3 Å². The van der Waals surface area contributed by atoms with Crippen LogP contribution in [0, 0.1) is 5.92 Å². The zero-order valence-corrected chi connectivity index (χ0v) is 20.4. The third-order valence-electron chi connectivity index (χ3n) is 6.29. The quantitative estimate of drug-likeness (QED) is 0.497. The maximum absolute atomic E-state index is 13.3. The minimum atomic E-state index is 0.00788. The Morgan fingerprint density at radius 1 is 1.06 bits per heavy atom. The van der Waals surface area contributed by atoms with E-state index < -0.39 is 0 Å². The number of amides is 2. The normalized spacial score (nSPS) is 19.6. The highest BCUT2D eigenvalue weighted by Gasteiger charge is 2.32. The van der Waals surface area contributed by atoms with Crippen molar-refractivity contribution in [2.24, 2.45) is 5.92 Å². The van der Waals surface area contributed by atoms with E-state index in [2.05, 4.69) is 6.92 Å². The molecule has 1 aromatic rings. The van der Waals surface area contributed by atoms with Gasteiger partial charge in [0.1, 0.15) is 11.1 Å². The average molecular weight is 464 g/mol. The number of rotatable bonds is 10. The van der Waals surface area contributed by atoms with E-state index in [0.29, 0.717) is 19.1 Å². The van der Waals surface area contributed by atoms with Gasteiger partial charge in [-0.15, -0.1) is 11.8 Å².